The summed E-state index contributed by atoms with van der Waals surface area (Å²) in [5, 5.41) is 4.26. The van der Waals surface area contributed by atoms with Gasteiger partial charge in [0.2, 0.25) is 5.91 Å². The molecular formula is C23H28Cl2N2O2. The van der Waals surface area contributed by atoms with E-state index in [1.165, 1.54) is 5.56 Å². The Morgan fingerprint density at radius 3 is 2.28 bits per heavy atom. The Balaban J connectivity index is 1.41. The summed E-state index contributed by atoms with van der Waals surface area (Å²) in [5.41, 5.74) is 2.25. The summed E-state index contributed by atoms with van der Waals surface area (Å²) in [6, 6.07) is 13.5. The van der Waals surface area contributed by atoms with Gasteiger partial charge in [-0.3, -0.25) is 9.69 Å². The number of likely N-dealkylation sites (tertiary alicyclic amines) is 1. The summed E-state index contributed by atoms with van der Waals surface area (Å²) in [6.07, 6.45) is 0. The summed E-state index contributed by atoms with van der Waals surface area (Å²) in [5.74, 6) is 1.07. The highest BCUT2D eigenvalue weighted by atomic mass is 35.5. The molecule has 4 nitrogen and oxygen atoms in total. The highest BCUT2D eigenvalue weighted by Crippen LogP contribution is 2.23. The van der Waals surface area contributed by atoms with Gasteiger partial charge >= 0.3 is 0 Å². The molecule has 1 fully saturated rings. The van der Waals surface area contributed by atoms with E-state index in [0.29, 0.717) is 23.2 Å². The van der Waals surface area contributed by atoms with Crippen LogP contribution in [0.3, 0.4) is 0 Å². The molecule has 2 aromatic carbocycles. The van der Waals surface area contributed by atoms with Crippen molar-refractivity contribution >= 4 is 29.1 Å². The molecule has 1 N–H and O–H groups in total. The Hall–Kier alpha value is -1.75. The van der Waals surface area contributed by atoms with Gasteiger partial charge in [0.1, 0.15) is 12.4 Å². The Bertz CT molecular complexity index is 821. The summed E-state index contributed by atoms with van der Waals surface area (Å²) < 4.78 is 5.82. The van der Waals surface area contributed by atoms with Gasteiger partial charge in [0, 0.05) is 36.2 Å². The third-order valence-electron chi connectivity index (χ3n) is 4.78. The fourth-order valence-corrected chi connectivity index (χ4v) is 3.74. The number of ether oxygens (including phenoxy) is 1. The summed E-state index contributed by atoms with van der Waals surface area (Å²) in [7, 11) is 0. The minimum absolute atomic E-state index is 0.101. The second kappa shape index (κ2) is 9.38. The van der Waals surface area contributed by atoms with Crippen LogP contribution in [0.15, 0.2) is 42.5 Å². The van der Waals surface area contributed by atoms with E-state index >= 15 is 0 Å². The molecule has 0 spiro atoms. The third kappa shape index (κ3) is 6.91. The van der Waals surface area contributed by atoms with Crippen molar-refractivity contribution in [2.24, 2.45) is 11.3 Å². The van der Waals surface area contributed by atoms with Crippen molar-refractivity contribution in [3.8, 4) is 5.75 Å². The zero-order valence-corrected chi connectivity index (χ0v) is 18.7. The largest absolute Gasteiger partial charge is 0.489 e. The van der Waals surface area contributed by atoms with E-state index < -0.39 is 0 Å². The Labute approximate surface area is 183 Å². The van der Waals surface area contributed by atoms with E-state index in [4.69, 9.17) is 27.9 Å². The molecule has 156 valence electrons. The first-order chi connectivity index (χ1) is 13.7. The van der Waals surface area contributed by atoms with Crippen molar-refractivity contribution in [2.45, 2.75) is 33.9 Å². The number of benzene rings is 2. The van der Waals surface area contributed by atoms with Gasteiger partial charge < -0.3 is 10.1 Å². The number of carbonyl (C=O) groups is 1. The number of nitrogens with one attached hydrogen (secondary N) is 1. The molecule has 0 unspecified atom stereocenters. The number of nitrogens with zero attached hydrogens (tertiary/aromatic N) is 1. The van der Waals surface area contributed by atoms with Gasteiger partial charge in [0.05, 0.1) is 5.92 Å². The maximum Gasteiger partial charge on any atom is 0.225 e. The van der Waals surface area contributed by atoms with E-state index in [1.54, 1.807) is 6.07 Å². The molecule has 1 aliphatic heterocycles. The minimum atomic E-state index is 0.101. The monoisotopic (exact) mass is 434 g/mol. The van der Waals surface area contributed by atoms with E-state index in [9.17, 15) is 4.79 Å². The van der Waals surface area contributed by atoms with Crippen LogP contribution in [0.1, 0.15) is 31.9 Å². The zero-order chi connectivity index (χ0) is 21.0. The Morgan fingerprint density at radius 1 is 1.07 bits per heavy atom. The zero-order valence-electron chi connectivity index (χ0n) is 17.2. The second-order valence-corrected chi connectivity index (χ2v) is 9.75. The van der Waals surface area contributed by atoms with Gasteiger partial charge in [-0.25, -0.2) is 0 Å². The molecule has 1 saturated heterocycles. The van der Waals surface area contributed by atoms with Gasteiger partial charge in [-0.1, -0.05) is 56.1 Å². The molecule has 0 saturated carbocycles. The SMILES string of the molecule is CC(C)(C)CNC(=O)C1CN(Cc2ccc(OCc3cc(Cl)cc(Cl)c3)cc2)C1. The highest BCUT2D eigenvalue weighted by molar-refractivity contribution is 6.34. The molecule has 1 aliphatic rings. The highest BCUT2D eigenvalue weighted by Gasteiger charge is 2.32. The molecule has 0 atom stereocenters. The smallest absolute Gasteiger partial charge is 0.225 e. The molecule has 29 heavy (non-hydrogen) atoms. The van der Waals surface area contributed by atoms with Gasteiger partial charge in [-0.15, -0.1) is 0 Å². The lowest BCUT2D eigenvalue weighted by Gasteiger charge is -2.38. The molecule has 0 aromatic heterocycles. The minimum Gasteiger partial charge on any atom is -0.489 e. The van der Waals surface area contributed by atoms with Crippen LogP contribution in [-0.2, 0) is 17.9 Å². The maximum absolute atomic E-state index is 12.2. The van der Waals surface area contributed by atoms with Crippen molar-refractivity contribution in [2.75, 3.05) is 19.6 Å². The maximum atomic E-state index is 12.2. The van der Waals surface area contributed by atoms with Crippen molar-refractivity contribution < 1.29 is 9.53 Å². The molecule has 0 bridgehead atoms. The normalized spacial score (nSPS) is 15.1. The van der Waals surface area contributed by atoms with Crippen LogP contribution < -0.4 is 10.1 Å². The number of hydrogen-bond acceptors (Lipinski definition) is 3. The summed E-state index contributed by atoms with van der Waals surface area (Å²) >= 11 is 12.0. The quantitative estimate of drug-likeness (QED) is 0.653. The van der Waals surface area contributed by atoms with Crippen LogP contribution in [0.25, 0.3) is 0 Å². The van der Waals surface area contributed by atoms with Gasteiger partial charge in [0.15, 0.2) is 0 Å². The average Bonchev–Trinajstić information content (AvgIpc) is 2.60. The predicted molar refractivity (Wildman–Crippen MR) is 118 cm³/mol. The standard InChI is InChI=1S/C23H28Cl2N2O2/c1-23(2,3)15-26-22(28)18-12-27(13-18)11-16-4-6-21(7-5-16)29-14-17-8-19(24)10-20(25)9-17/h4-10,18H,11-15H2,1-3H3,(H,26,28). The van der Waals surface area contributed by atoms with E-state index in [-0.39, 0.29) is 17.2 Å². The van der Waals surface area contributed by atoms with Crippen molar-refractivity contribution in [1.29, 1.82) is 0 Å². The topological polar surface area (TPSA) is 41.6 Å². The van der Waals surface area contributed by atoms with Gasteiger partial charge in [-0.05, 0) is 46.9 Å². The van der Waals surface area contributed by atoms with E-state index in [2.05, 4.69) is 43.1 Å². The molecule has 6 heteroatoms. The molecule has 1 amide bonds. The predicted octanol–water partition coefficient (Wildman–Crippen LogP) is 5.17. The van der Waals surface area contributed by atoms with Crippen molar-refractivity contribution in [3.05, 3.63) is 63.6 Å². The fraction of sp³-hybridized carbons (Fsp3) is 0.435. The first-order valence-electron chi connectivity index (χ1n) is 9.85. The molecule has 3 rings (SSSR count). The molecule has 2 aromatic rings. The lowest BCUT2D eigenvalue weighted by Crippen LogP contribution is -2.53. The number of carbonyl (C=O) groups excluding carboxylic acids is 1. The number of amides is 1. The number of hydrogen-bond donors (Lipinski definition) is 1. The molecule has 0 radical (unpaired) electrons. The summed E-state index contributed by atoms with van der Waals surface area (Å²) in [4.78, 5) is 14.5. The van der Waals surface area contributed by atoms with Crippen LogP contribution in [-0.4, -0.2) is 30.4 Å². The molecule has 0 aliphatic carbocycles. The van der Waals surface area contributed by atoms with Crippen molar-refractivity contribution in [1.82, 2.24) is 10.2 Å². The van der Waals surface area contributed by atoms with Crippen LogP contribution >= 0.6 is 23.2 Å². The van der Waals surface area contributed by atoms with Crippen LogP contribution in [0.5, 0.6) is 5.75 Å². The Kier molecular flexibility index (Phi) is 7.10. The fourth-order valence-electron chi connectivity index (χ4n) is 3.17. The Morgan fingerprint density at radius 2 is 1.69 bits per heavy atom. The van der Waals surface area contributed by atoms with Crippen molar-refractivity contribution in [3.63, 3.8) is 0 Å². The van der Waals surface area contributed by atoms with Gasteiger partial charge in [-0.2, -0.15) is 0 Å². The van der Waals surface area contributed by atoms with E-state index in [0.717, 1.165) is 30.9 Å². The lowest BCUT2D eigenvalue weighted by atomic mass is 9.94. The van der Waals surface area contributed by atoms with Gasteiger partial charge in [0.25, 0.3) is 0 Å². The third-order valence-corrected chi connectivity index (χ3v) is 5.21. The van der Waals surface area contributed by atoms with Crippen LogP contribution in [0.2, 0.25) is 10.0 Å². The first kappa shape index (κ1) is 21.9. The lowest BCUT2D eigenvalue weighted by molar-refractivity contribution is -0.130. The van der Waals surface area contributed by atoms with Crippen LogP contribution in [0, 0.1) is 11.3 Å². The first-order valence-corrected chi connectivity index (χ1v) is 10.6. The number of halogens is 2. The van der Waals surface area contributed by atoms with E-state index in [1.807, 2.05) is 24.3 Å². The summed E-state index contributed by atoms with van der Waals surface area (Å²) in [6.45, 7) is 9.96. The second-order valence-electron chi connectivity index (χ2n) is 8.88. The molecule has 1 heterocycles. The number of rotatable bonds is 7. The average molecular weight is 435 g/mol. The molecular weight excluding hydrogens is 407 g/mol. The van der Waals surface area contributed by atoms with Crippen LogP contribution in [0.4, 0.5) is 0 Å².